The molecule has 1 aliphatic heterocycles. The lowest BCUT2D eigenvalue weighted by molar-refractivity contribution is 0.601. The van der Waals surface area contributed by atoms with Gasteiger partial charge in [0.2, 0.25) is 5.95 Å². The summed E-state index contributed by atoms with van der Waals surface area (Å²) in [6.45, 7) is 7.09. The number of hydrogen-bond donors (Lipinski definition) is 1. The minimum absolute atomic E-state index is 0.606. The van der Waals surface area contributed by atoms with E-state index < -0.39 is 0 Å². The van der Waals surface area contributed by atoms with Gasteiger partial charge in [-0.2, -0.15) is 0 Å². The van der Waals surface area contributed by atoms with Crippen molar-refractivity contribution in [3.05, 3.63) is 17.5 Å². The molecule has 4 heteroatoms. The molecule has 94 valence electrons. The highest BCUT2D eigenvalue weighted by molar-refractivity contribution is 5.34. The van der Waals surface area contributed by atoms with Crippen LogP contribution in [0.5, 0.6) is 0 Å². The van der Waals surface area contributed by atoms with E-state index in [2.05, 4.69) is 34.8 Å². The highest BCUT2D eigenvalue weighted by Crippen LogP contribution is 2.20. The molecule has 1 saturated heterocycles. The fraction of sp³-hybridized carbons (Fsp3) is 0.692. The lowest BCUT2D eigenvalue weighted by atomic mass is 10.1. The van der Waals surface area contributed by atoms with Crippen LogP contribution < -0.4 is 10.6 Å². The first-order valence-corrected chi connectivity index (χ1v) is 6.58. The molecule has 0 aromatic carbocycles. The Bertz CT molecular complexity index is 355. The van der Waals surface area contributed by atoms with Crippen molar-refractivity contribution in [2.75, 3.05) is 24.5 Å². The van der Waals surface area contributed by atoms with E-state index in [1.807, 2.05) is 0 Å². The van der Waals surface area contributed by atoms with Gasteiger partial charge in [-0.3, -0.25) is 0 Å². The lowest BCUT2D eigenvalue weighted by Crippen LogP contribution is -2.25. The SMILES string of the molecule is CCc1cc(CC)nc(N2CCC(CN)C2)n1. The summed E-state index contributed by atoms with van der Waals surface area (Å²) in [5.41, 5.74) is 8.00. The first-order valence-electron chi connectivity index (χ1n) is 6.58. The first kappa shape index (κ1) is 12.3. The van der Waals surface area contributed by atoms with E-state index >= 15 is 0 Å². The summed E-state index contributed by atoms with van der Waals surface area (Å²) < 4.78 is 0. The molecule has 1 aliphatic rings. The quantitative estimate of drug-likeness (QED) is 0.855. The molecule has 0 aliphatic carbocycles. The third-order valence-corrected chi connectivity index (χ3v) is 3.45. The second-order valence-electron chi connectivity index (χ2n) is 4.69. The predicted molar refractivity (Wildman–Crippen MR) is 70.2 cm³/mol. The maximum Gasteiger partial charge on any atom is 0.225 e. The second-order valence-corrected chi connectivity index (χ2v) is 4.69. The average molecular weight is 234 g/mol. The van der Waals surface area contributed by atoms with Gasteiger partial charge in [-0.25, -0.2) is 9.97 Å². The summed E-state index contributed by atoms with van der Waals surface area (Å²) in [7, 11) is 0. The zero-order valence-corrected chi connectivity index (χ0v) is 10.8. The number of nitrogens with zero attached hydrogens (tertiary/aromatic N) is 3. The molecule has 1 aromatic heterocycles. The molecule has 0 bridgehead atoms. The summed E-state index contributed by atoms with van der Waals surface area (Å²) in [5.74, 6) is 1.51. The third-order valence-electron chi connectivity index (χ3n) is 3.45. The normalized spacial score (nSPS) is 19.9. The van der Waals surface area contributed by atoms with Gasteiger partial charge in [0, 0.05) is 24.5 Å². The zero-order chi connectivity index (χ0) is 12.3. The van der Waals surface area contributed by atoms with E-state index in [4.69, 9.17) is 5.73 Å². The van der Waals surface area contributed by atoms with Crippen LogP contribution in [0.2, 0.25) is 0 Å². The smallest absolute Gasteiger partial charge is 0.225 e. The van der Waals surface area contributed by atoms with Gasteiger partial charge in [0.15, 0.2) is 0 Å². The molecule has 2 rings (SSSR count). The largest absolute Gasteiger partial charge is 0.340 e. The molecule has 1 aromatic rings. The predicted octanol–water partition coefficient (Wildman–Crippen LogP) is 1.39. The van der Waals surface area contributed by atoms with Crippen LogP contribution >= 0.6 is 0 Å². The van der Waals surface area contributed by atoms with Gasteiger partial charge in [0.1, 0.15) is 0 Å². The maximum absolute atomic E-state index is 5.72. The summed E-state index contributed by atoms with van der Waals surface area (Å²) in [4.78, 5) is 11.5. The van der Waals surface area contributed by atoms with Crippen LogP contribution in [0, 0.1) is 5.92 Å². The van der Waals surface area contributed by atoms with E-state index in [0.717, 1.165) is 56.2 Å². The highest BCUT2D eigenvalue weighted by Gasteiger charge is 2.23. The Kier molecular flexibility index (Phi) is 3.94. The fourth-order valence-corrected chi connectivity index (χ4v) is 2.25. The molecule has 2 heterocycles. The van der Waals surface area contributed by atoms with Crippen molar-refractivity contribution in [2.45, 2.75) is 33.1 Å². The van der Waals surface area contributed by atoms with Crippen molar-refractivity contribution in [2.24, 2.45) is 11.7 Å². The Morgan fingerprint density at radius 2 is 1.94 bits per heavy atom. The zero-order valence-electron chi connectivity index (χ0n) is 10.8. The van der Waals surface area contributed by atoms with Gasteiger partial charge in [0.25, 0.3) is 0 Å². The summed E-state index contributed by atoms with van der Waals surface area (Å²) in [6.07, 6.45) is 3.10. The van der Waals surface area contributed by atoms with Crippen LogP contribution in [-0.4, -0.2) is 29.6 Å². The number of rotatable bonds is 4. The van der Waals surface area contributed by atoms with Crippen molar-refractivity contribution >= 4 is 5.95 Å². The van der Waals surface area contributed by atoms with Crippen molar-refractivity contribution in [1.82, 2.24) is 9.97 Å². The molecule has 1 atom stereocenters. The first-order chi connectivity index (χ1) is 8.26. The van der Waals surface area contributed by atoms with Crippen LogP contribution in [0.25, 0.3) is 0 Å². The molecule has 2 N–H and O–H groups in total. The van der Waals surface area contributed by atoms with Crippen LogP contribution in [0.1, 0.15) is 31.7 Å². The second kappa shape index (κ2) is 5.45. The minimum atomic E-state index is 0.606. The van der Waals surface area contributed by atoms with Gasteiger partial charge in [0.05, 0.1) is 0 Å². The molecular weight excluding hydrogens is 212 g/mol. The number of aryl methyl sites for hydroxylation is 2. The van der Waals surface area contributed by atoms with E-state index in [1.165, 1.54) is 0 Å². The monoisotopic (exact) mass is 234 g/mol. The molecule has 0 saturated carbocycles. The Balaban J connectivity index is 2.20. The average Bonchev–Trinajstić information content (AvgIpc) is 2.86. The molecule has 4 nitrogen and oxygen atoms in total. The number of aromatic nitrogens is 2. The van der Waals surface area contributed by atoms with Crippen LogP contribution in [0.3, 0.4) is 0 Å². The van der Waals surface area contributed by atoms with Gasteiger partial charge in [-0.1, -0.05) is 13.8 Å². The van der Waals surface area contributed by atoms with Crippen molar-refractivity contribution in [3.8, 4) is 0 Å². The fourth-order valence-electron chi connectivity index (χ4n) is 2.25. The highest BCUT2D eigenvalue weighted by atomic mass is 15.3. The Hall–Kier alpha value is -1.16. The Labute approximate surface area is 103 Å². The Morgan fingerprint density at radius 3 is 2.41 bits per heavy atom. The summed E-state index contributed by atoms with van der Waals surface area (Å²) in [6, 6.07) is 2.11. The standard InChI is InChI=1S/C13H22N4/c1-3-11-7-12(4-2)16-13(15-11)17-6-5-10(8-14)9-17/h7,10H,3-6,8-9,14H2,1-2H3. The number of anilines is 1. The molecule has 0 spiro atoms. The summed E-state index contributed by atoms with van der Waals surface area (Å²) >= 11 is 0. The van der Waals surface area contributed by atoms with E-state index in [9.17, 15) is 0 Å². The van der Waals surface area contributed by atoms with Crippen LogP contribution in [0.4, 0.5) is 5.95 Å². The van der Waals surface area contributed by atoms with Gasteiger partial charge >= 0.3 is 0 Å². The molecule has 1 fully saturated rings. The lowest BCUT2D eigenvalue weighted by Gasteiger charge is -2.17. The molecular formula is C13H22N4. The minimum Gasteiger partial charge on any atom is -0.340 e. The van der Waals surface area contributed by atoms with Gasteiger partial charge in [-0.15, -0.1) is 0 Å². The van der Waals surface area contributed by atoms with Crippen LogP contribution in [-0.2, 0) is 12.8 Å². The maximum atomic E-state index is 5.72. The van der Waals surface area contributed by atoms with Gasteiger partial charge in [-0.05, 0) is 37.8 Å². The topological polar surface area (TPSA) is 55.0 Å². The summed E-state index contributed by atoms with van der Waals surface area (Å²) in [5, 5.41) is 0. The Morgan fingerprint density at radius 1 is 1.29 bits per heavy atom. The van der Waals surface area contributed by atoms with E-state index in [-0.39, 0.29) is 0 Å². The molecule has 0 radical (unpaired) electrons. The number of hydrogen-bond acceptors (Lipinski definition) is 4. The van der Waals surface area contributed by atoms with Crippen molar-refractivity contribution in [1.29, 1.82) is 0 Å². The van der Waals surface area contributed by atoms with Crippen molar-refractivity contribution < 1.29 is 0 Å². The van der Waals surface area contributed by atoms with Crippen LogP contribution in [0.15, 0.2) is 6.07 Å². The van der Waals surface area contributed by atoms with Crippen molar-refractivity contribution in [3.63, 3.8) is 0 Å². The number of nitrogens with two attached hydrogens (primary N) is 1. The van der Waals surface area contributed by atoms with E-state index in [1.54, 1.807) is 0 Å². The van der Waals surface area contributed by atoms with E-state index in [0.29, 0.717) is 5.92 Å². The molecule has 0 amide bonds. The molecule has 17 heavy (non-hydrogen) atoms. The van der Waals surface area contributed by atoms with Gasteiger partial charge < -0.3 is 10.6 Å². The molecule has 1 unspecified atom stereocenters. The third kappa shape index (κ3) is 2.75.